The first-order chi connectivity index (χ1) is 34.4. The third-order valence-electron chi connectivity index (χ3n) is 11.7. The van der Waals surface area contributed by atoms with Crippen molar-refractivity contribution in [2.75, 3.05) is 29.9 Å². The third kappa shape index (κ3) is 13.8. The number of hydrogen-bond donors (Lipinski definition) is 9. The van der Waals surface area contributed by atoms with Crippen LogP contribution in [-0.2, 0) is 41.6 Å². The number of halogens is 1. The molecule has 24 heteroatoms. The number of tetrazole rings is 1. The Kier molecular flexibility index (Phi) is 17.7. The highest BCUT2D eigenvalue weighted by Gasteiger charge is 2.28. The summed E-state index contributed by atoms with van der Waals surface area (Å²) in [6.07, 6.45) is 4.96. The van der Waals surface area contributed by atoms with Crippen molar-refractivity contribution in [2.24, 2.45) is 5.92 Å². The number of carboxylic acid groups (broad SMARTS) is 1. The number of carboxylic acids is 1. The van der Waals surface area contributed by atoms with E-state index < -0.39 is 53.5 Å². The molecule has 72 heavy (non-hydrogen) atoms. The molecule has 0 saturated carbocycles. The van der Waals surface area contributed by atoms with Crippen molar-refractivity contribution in [3.05, 3.63) is 94.8 Å². The summed E-state index contributed by atoms with van der Waals surface area (Å²) in [6.45, 7) is 5.22. The summed E-state index contributed by atoms with van der Waals surface area (Å²) in [4.78, 5) is 110. The van der Waals surface area contributed by atoms with Gasteiger partial charge >= 0.3 is 5.97 Å². The normalized spacial score (nSPS) is 13.4. The number of unbranched alkanes of at least 4 members (excludes halogenated alkanes) is 2. The number of nitrogens with two attached hydrogens (primary N) is 2. The van der Waals surface area contributed by atoms with E-state index in [4.69, 9.17) is 11.5 Å². The number of aromatic amines is 1. The summed E-state index contributed by atoms with van der Waals surface area (Å²) in [5.41, 5.74) is 13.7. The molecule has 1 unspecified atom stereocenters. The summed E-state index contributed by atoms with van der Waals surface area (Å²) in [5, 5.41) is 37.0. The van der Waals surface area contributed by atoms with Gasteiger partial charge in [0.05, 0.1) is 16.5 Å². The average molecular weight is 991 g/mol. The summed E-state index contributed by atoms with van der Waals surface area (Å²) >= 11 is 0. The van der Waals surface area contributed by atoms with Gasteiger partial charge in [0.25, 0.3) is 23.6 Å². The fourth-order valence-corrected chi connectivity index (χ4v) is 7.74. The SMILES string of the molecule is CC(C)C(NC(=O)CCCCCN1C(=O)C=CC1=O)C(=O)N[C@@H](C)C(=O)Nc1ccc(C(=O)NCCC[C@H](NC(=O)c2ccc(CCc3ccc4nc(N)nc(N)c4c3F)cc2)C(=O)O)c(-c2nnn[nH]2)c1. The Morgan fingerprint density at radius 3 is 2.24 bits per heavy atom. The highest BCUT2D eigenvalue weighted by Crippen LogP contribution is 2.27. The molecule has 5 aromatic rings. The number of amides is 7. The molecular weight excluding hydrogens is 936 g/mol. The minimum absolute atomic E-state index is 0.0174. The molecule has 1 aliphatic heterocycles. The number of H-pyrrole nitrogens is 1. The molecule has 1 aliphatic rings. The van der Waals surface area contributed by atoms with Crippen LogP contribution < -0.4 is 38.1 Å². The second kappa shape index (κ2) is 24.2. The Hall–Kier alpha value is -8.70. The number of carbonyl (C=O) groups excluding carboxylic acids is 7. The monoisotopic (exact) mass is 990 g/mol. The van der Waals surface area contributed by atoms with Crippen LogP contribution in [0.5, 0.6) is 0 Å². The van der Waals surface area contributed by atoms with Gasteiger partial charge < -0.3 is 43.2 Å². The Morgan fingerprint density at radius 2 is 1.56 bits per heavy atom. The number of carbonyl (C=O) groups is 8. The van der Waals surface area contributed by atoms with Gasteiger partial charge in [0.15, 0.2) is 5.82 Å². The lowest BCUT2D eigenvalue weighted by molar-refractivity contribution is -0.139. The van der Waals surface area contributed by atoms with E-state index >= 15 is 4.39 Å². The zero-order valence-corrected chi connectivity index (χ0v) is 39.7. The molecule has 6 rings (SSSR count). The van der Waals surface area contributed by atoms with E-state index in [1.807, 2.05) is 0 Å². The molecular formula is C48H55FN14O9. The van der Waals surface area contributed by atoms with E-state index in [-0.39, 0.29) is 101 Å². The molecule has 0 fully saturated rings. The van der Waals surface area contributed by atoms with E-state index in [1.165, 1.54) is 49.4 Å². The quantitative estimate of drug-likeness (QED) is 0.0316. The number of hydrogen-bond acceptors (Lipinski definition) is 15. The standard InChI is InChI=1S/C48H55FN14O9/c1-25(2)40(57-35(64)9-5-4-6-23-63-36(65)20-21-37(63)66)46(70)53-26(3)43(67)54-30-17-18-31(32(24-30)42-59-61-62-60-42)45(69)52-22-7-8-34(47(71)72)55-44(68)29-14-11-27(12-15-29)10-13-28-16-19-33-38(39(28)49)41(50)58-48(51)56-33/h11-12,14-21,24-26,34,40H,4-10,13,22-23H2,1-3H3,(H,52,69)(H,53,70)(H,54,67)(H,55,68)(H,57,64)(H,71,72)(H4,50,51,56,58)(H,59,60,61,62)/t26-,34-,40?/m0/s1. The number of nitrogen functional groups attached to an aromatic ring is 2. The van der Waals surface area contributed by atoms with Crippen molar-refractivity contribution in [2.45, 2.75) is 90.3 Å². The van der Waals surface area contributed by atoms with Crippen LogP contribution in [0.25, 0.3) is 22.3 Å². The Labute approximate surface area is 411 Å². The van der Waals surface area contributed by atoms with Gasteiger partial charge in [-0.25, -0.2) is 19.3 Å². The van der Waals surface area contributed by atoms with Crippen molar-refractivity contribution in [1.82, 2.24) is 56.8 Å². The molecule has 3 aromatic carbocycles. The molecule has 378 valence electrons. The van der Waals surface area contributed by atoms with Gasteiger partial charge in [-0.2, -0.15) is 4.98 Å². The van der Waals surface area contributed by atoms with Crippen LogP contribution in [0.15, 0.2) is 66.7 Å². The lowest BCUT2D eigenvalue weighted by Crippen LogP contribution is -2.53. The number of anilines is 3. The average Bonchev–Trinajstić information content (AvgIpc) is 4.00. The number of benzene rings is 3. The minimum atomic E-state index is -1.29. The van der Waals surface area contributed by atoms with Gasteiger partial charge in [-0.15, -0.1) is 5.10 Å². The highest BCUT2D eigenvalue weighted by molar-refractivity contribution is 6.13. The van der Waals surface area contributed by atoms with Crippen LogP contribution in [-0.4, -0.2) is 119 Å². The van der Waals surface area contributed by atoms with Crippen molar-refractivity contribution in [1.29, 1.82) is 0 Å². The molecule has 2 aromatic heterocycles. The Bertz CT molecular complexity index is 2860. The van der Waals surface area contributed by atoms with Gasteiger partial charge in [0.1, 0.15) is 29.8 Å². The van der Waals surface area contributed by atoms with E-state index in [9.17, 15) is 43.5 Å². The van der Waals surface area contributed by atoms with Crippen LogP contribution in [0.4, 0.5) is 21.8 Å². The number of fused-ring (bicyclic) bond motifs is 1. The first kappa shape index (κ1) is 52.7. The number of aliphatic carboxylic acids is 1. The van der Waals surface area contributed by atoms with Gasteiger partial charge in [0, 0.05) is 48.5 Å². The minimum Gasteiger partial charge on any atom is -0.480 e. The molecule has 7 amide bonds. The number of rotatable bonds is 24. The summed E-state index contributed by atoms with van der Waals surface area (Å²) in [6, 6.07) is 10.7. The maximum absolute atomic E-state index is 15.3. The second-order valence-corrected chi connectivity index (χ2v) is 17.4. The second-order valence-electron chi connectivity index (χ2n) is 17.4. The Morgan fingerprint density at radius 1 is 0.819 bits per heavy atom. The lowest BCUT2D eigenvalue weighted by atomic mass is 10.0. The van der Waals surface area contributed by atoms with Crippen LogP contribution in [0.1, 0.15) is 91.1 Å². The molecule has 11 N–H and O–H groups in total. The molecule has 3 atom stereocenters. The largest absolute Gasteiger partial charge is 0.480 e. The third-order valence-corrected chi connectivity index (χ3v) is 11.7. The highest BCUT2D eigenvalue weighted by atomic mass is 19.1. The molecule has 0 bridgehead atoms. The molecule has 0 radical (unpaired) electrons. The summed E-state index contributed by atoms with van der Waals surface area (Å²) in [7, 11) is 0. The van der Waals surface area contributed by atoms with E-state index in [0.29, 0.717) is 43.2 Å². The van der Waals surface area contributed by atoms with E-state index in [0.717, 1.165) is 10.5 Å². The first-order valence-electron chi connectivity index (χ1n) is 23.1. The Balaban J connectivity index is 0.958. The number of aryl methyl sites for hydroxylation is 2. The van der Waals surface area contributed by atoms with Crippen molar-refractivity contribution in [3.8, 4) is 11.4 Å². The molecule has 0 saturated heterocycles. The van der Waals surface area contributed by atoms with Crippen molar-refractivity contribution < 1.29 is 47.9 Å². The van der Waals surface area contributed by atoms with Crippen molar-refractivity contribution in [3.63, 3.8) is 0 Å². The maximum atomic E-state index is 15.3. The van der Waals surface area contributed by atoms with Crippen LogP contribution in [0.3, 0.4) is 0 Å². The number of aromatic nitrogens is 6. The number of nitrogens with one attached hydrogen (secondary N) is 6. The zero-order valence-electron chi connectivity index (χ0n) is 39.7. The maximum Gasteiger partial charge on any atom is 0.326 e. The van der Waals surface area contributed by atoms with Crippen LogP contribution >= 0.6 is 0 Å². The van der Waals surface area contributed by atoms with E-state index in [2.05, 4.69) is 57.2 Å². The lowest BCUT2D eigenvalue weighted by Gasteiger charge is -2.24. The van der Waals surface area contributed by atoms with Gasteiger partial charge in [-0.05, 0) is 109 Å². The van der Waals surface area contributed by atoms with Gasteiger partial charge in [-0.1, -0.05) is 38.5 Å². The predicted octanol–water partition coefficient (Wildman–Crippen LogP) is 2.36. The fraction of sp³-hybridized carbons (Fsp3) is 0.354. The smallest absolute Gasteiger partial charge is 0.326 e. The first-order valence-corrected chi connectivity index (χ1v) is 23.1. The predicted molar refractivity (Wildman–Crippen MR) is 260 cm³/mol. The summed E-state index contributed by atoms with van der Waals surface area (Å²) in [5.74, 6) is -5.66. The number of nitrogens with zero attached hydrogens (tertiary/aromatic N) is 6. The van der Waals surface area contributed by atoms with Gasteiger partial charge in [-0.3, -0.25) is 38.5 Å². The molecule has 3 heterocycles. The molecule has 0 spiro atoms. The zero-order chi connectivity index (χ0) is 52.1. The molecule has 23 nitrogen and oxygen atoms in total. The summed E-state index contributed by atoms with van der Waals surface area (Å²) < 4.78 is 15.3. The topological polar surface area (TPSA) is 352 Å². The van der Waals surface area contributed by atoms with Gasteiger partial charge in [0.2, 0.25) is 23.7 Å². The van der Waals surface area contributed by atoms with Crippen LogP contribution in [0.2, 0.25) is 0 Å². The fourth-order valence-electron chi connectivity index (χ4n) is 7.74. The van der Waals surface area contributed by atoms with E-state index in [1.54, 1.807) is 38.1 Å². The van der Waals surface area contributed by atoms with Crippen molar-refractivity contribution >= 4 is 75.7 Å². The van der Waals surface area contributed by atoms with Crippen LogP contribution in [0, 0.1) is 11.7 Å². The number of imide groups is 1. The molecule has 0 aliphatic carbocycles.